The summed E-state index contributed by atoms with van der Waals surface area (Å²) in [4.78, 5) is 5.33. The first-order valence-corrected chi connectivity index (χ1v) is 8.16. The molecule has 2 rings (SSSR count). The van der Waals surface area contributed by atoms with Crippen molar-refractivity contribution in [2.24, 2.45) is 11.1 Å². The third-order valence-corrected chi connectivity index (χ3v) is 6.02. The summed E-state index contributed by atoms with van der Waals surface area (Å²) in [6, 6.07) is 0.667. The number of hydrogen-bond donors (Lipinski definition) is 1. The Kier molecular flexibility index (Phi) is 4.59. The largest absolute Gasteiger partial charge is 0.329 e. The average Bonchev–Trinajstić information content (AvgIpc) is 2.38. The van der Waals surface area contributed by atoms with Crippen LogP contribution < -0.4 is 5.73 Å². The second kappa shape index (κ2) is 5.71. The molecule has 0 aromatic heterocycles. The molecule has 19 heavy (non-hydrogen) atoms. The van der Waals surface area contributed by atoms with E-state index in [-0.39, 0.29) is 5.54 Å². The van der Waals surface area contributed by atoms with Crippen molar-refractivity contribution < 1.29 is 0 Å². The minimum atomic E-state index is 0.235. The molecule has 0 amide bonds. The number of hydrogen-bond acceptors (Lipinski definition) is 3. The second-order valence-electron chi connectivity index (χ2n) is 7.25. The zero-order chi connectivity index (χ0) is 14.1. The maximum Gasteiger partial charge on any atom is 0.0383 e. The van der Waals surface area contributed by atoms with Crippen LogP contribution in [0, 0.1) is 5.41 Å². The molecule has 1 saturated carbocycles. The number of nitrogens with zero attached hydrogens (tertiary/aromatic N) is 2. The predicted octanol–water partition coefficient (Wildman–Crippen LogP) is 2.31. The number of rotatable bonds is 3. The van der Waals surface area contributed by atoms with Gasteiger partial charge in [-0.15, -0.1) is 0 Å². The van der Waals surface area contributed by atoms with Crippen LogP contribution in [0.2, 0.25) is 0 Å². The fraction of sp³-hybridized carbons (Fsp3) is 1.00. The summed E-state index contributed by atoms with van der Waals surface area (Å²) in [5.74, 6) is 0. The first-order valence-electron chi connectivity index (χ1n) is 8.16. The van der Waals surface area contributed by atoms with Crippen molar-refractivity contribution in [2.45, 2.75) is 65.0 Å². The number of nitrogens with two attached hydrogens (primary N) is 1. The zero-order valence-corrected chi connectivity index (χ0v) is 13.4. The maximum atomic E-state index is 6.30. The van der Waals surface area contributed by atoms with E-state index in [0.29, 0.717) is 11.5 Å². The monoisotopic (exact) mass is 267 g/mol. The minimum Gasteiger partial charge on any atom is -0.329 e. The fourth-order valence-corrected chi connectivity index (χ4v) is 4.50. The molecule has 0 radical (unpaired) electrons. The van der Waals surface area contributed by atoms with Crippen LogP contribution in [0.4, 0.5) is 0 Å². The van der Waals surface area contributed by atoms with Crippen molar-refractivity contribution >= 4 is 0 Å². The van der Waals surface area contributed by atoms with E-state index in [9.17, 15) is 0 Å². The molecule has 3 heteroatoms. The van der Waals surface area contributed by atoms with E-state index in [4.69, 9.17) is 5.73 Å². The molecule has 0 aromatic rings. The van der Waals surface area contributed by atoms with Crippen LogP contribution in [0.3, 0.4) is 0 Å². The summed E-state index contributed by atoms with van der Waals surface area (Å²) in [5.41, 5.74) is 6.89. The van der Waals surface area contributed by atoms with Crippen LogP contribution in [-0.2, 0) is 0 Å². The molecule has 2 N–H and O–H groups in total. The molecule has 0 bridgehead atoms. The first kappa shape index (κ1) is 15.3. The molecule has 2 atom stereocenters. The van der Waals surface area contributed by atoms with E-state index in [2.05, 4.69) is 37.5 Å². The lowest BCUT2D eigenvalue weighted by molar-refractivity contribution is -0.0762. The van der Waals surface area contributed by atoms with Gasteiger partial charge >= 0.3 is 0 Å². The van der Waals surface area contributed by atoms with E-state index in [1.54, 1.807) is 0 Å². The van der Waals surface area contributed by atoms with Gasteiger partial charge in [0.2, 0.25) is 0 Å². The molecule has 1 saturated heterocycles. The van der Waals surface area contributed by atoms with E-state index in [1.807, 2.05) is 0 Å². The molecule has 112 valence electrons. The van der Waals surface area contributed by atoms with Gasteiger partial charge in [0.15, 0.2) is 0 Å². The van der Waals surface area contributed by atoms with Gasteiger partial charge in [0.1, 0.15) is 0 Å². The Morgan fingerprint density at radius 1 is 1.16 bits per heavy atom. The maximum absolute atomic E-state index is 6.30. The Labute approximate surface area is 119 Å². The van der Waals surface area contributed by atoms with Gasteiger partial charge in [-0.3, -0.25) is 9.80 Å². The van der Waals surface area contributed by atoms with Gasteiger partial charge in [-0.2, -0.15) is 0 Å². The lowest BCUT2D eigenvalue weighted by Gasteiger charge is -2.58. The standard InChI is InChI=1S/C16H33N3/c1-5-18-10-11-19(12-14(18)2)16(13-17)9-7-6-8-15(16,3)4/h14H,5-13,17H2,1-4H3. The van der Waals surface area contributed by atoms with E-state index >= 15 is 0 Å². The Bertz CT molecular complexity index is 302. The van der Waals surface area contributed by atoms with Crippen molar-refractivity contribution in [3.8, 4) is 0 Å². The Hall–Kier alpha value is -0.120. The Morgan fingerprint density at radius 3 is 2.37 bits per heavy atom. The van der Waals surface area contributed by atoms with E-state index in [1.165, 1.54) is 51.9 Å². The SMILES string of the molecule is CCN1CCN(C2(CN)CCCCC2(C)C)CC1C. The fourth-order valence-electron chi connectivity index (χ4n) is 4.50. The van der Waals surface area contributed by atoms with Crippen molar-refractivity contribution in [2.75, 3.05) is 32.7 Å². The molecule has 1 aliphatic carbocycles. The van der Waals surface area contributed by atoms with Gasteiger partial charge in [0, 0.05) is 37.8 Å². The van der Waals surface area contributed by atoms with Crippen LogP contribution in [0.15, 0.2) is 0 Å². The van der Waals surface area contributed by atoms with E-state index in [0.717, 1.165) is 6.54 Å². The summed E-state index contributed by atoms with van der Waals surface area (Å²) in [6.07, 6.45) is 5.34. The summed E-state index contributed by atoms with van der Waals surface area (Å²) in [5, 5.41) is 0. The normalized spacial score (nSPS) is 37.4. The predicted molar refractivity (Wildman–Crippen MR) is 82.3 cm³/mol. The Balaban J connectivity index is 2.17. The molecule has 0 spiro atoms. The molecule has 1 heterocycles. The summed E-state index contributed by atoms with van der Waals surface area (Å²) in [6.45, 7) is 15.1. The van der Waals surface area contributed by atoms with Crippen LogP contribution >= 0.6 is 0 Å². The highest BCUT2D eigenvalue weighted by molar-refractivity contribution is 5.06. The van der Waals surface area contributed by atoms with Gasteiger partial charge in [0.25, 0.3) is 0 Å². The lowest BCUT2D eigenvalue weighted by Crippen LogP contribution is -2.68. The van der Waals surface area contributed by atoms with Crippen LogP contribution in [-0.4, -0.2) is 54.1 Å². The molecular weight excluding hydrogens is 234 g/mol. The van der Waals surface area contributed by atoms with Gasteiger partial charge < -0.3 is 5.73 Å². The highest BCUT2D eigenvalue weighted by atomic mass is 15.3. The topological polar surface area (TPSA) is 32.5 Å². The van der Waals surface area contributed by atoms with Crippen molar-refractivity contribution in [3.63, 3.8) is 0 Å². The van der Waals surface area contributed by atoms with Crippen molar-refractivity contribution in [1.82, 2.24) is 9.80 Å². The van der Waals surface area contributed by atoms with Crippen molar-refractivity contribution in [1.29, 1.82) is 0 Å². The third-order valence-electron chi connectivity index (χ3n) is 6.02. The van der Waals surface area contributed by atoms with Gasteiger partial charge in [-0.05, 0) is 31.7 Å². The molecule has 1 aliphatic heterocycles. The molecular formula is C16H33N3. The van der Waals surface area contributed by atoms with Gasteiger partial charge in [-0.1, -0.05) is 33.6 Å². The summed E-state index contributed by atoms with van der Waals surface area (Å²) >= 11 is 0. The molecule has 3 nitrogen and oxygen atoms in total. The Morgan fingerprint density at radius 2 is 1.84 bits per heavy atom. The highest BCUT2D eigenvalue weighted by Crippen LogP contribution is 2.47. The summed E-state index contributed by atoms with van der Waals surface area (Å²) in [7, 11) is 0. The zero-order valence-electron chi connectivity index (χ0n) is 13.4. The molecule has 2 aliphatic rings. The second-order valence-corrected chi connectivity index (χ2v) is 7.25. The highest BCUT2D eigenvalue weighted by Gasteiger charge is 2.50. The van der Waals surface area contributed by atoms with Gasteiger partial charge in [0.05, 0.1) is 0 Å². The smallest absolute Gasteiger partial charge is 0.0383 e. The number of likely N-dealkylation sites (N-methyl/N-ethyl adjacent to an activating group) is 1. The number of piperazine rings is 1. The van der Waals surface area contributed by atoms with Crippen LogP contribution in [0.5, 0.6) is 0 Å². The minimum absolute atomic E-state index is 0.235. The quantitative estimate of drug-likeness (QED) is 0.852. The van der Waals surface area contributed by atoms with Crippen LogP contribution in [0.1, 0.15) is 53.4 Å². The molecule has 2 unspecified atom stereocenters. The first-order chi connectivity index (χ1) is 8.97. The third kappa shape index (κ3) is 2.57. The van der Waals surface area contributed by atoms with Crippen LogP contribution in [0.25, 0.3) is 0 Å². The summed E-state index contributed by atoms with van der Waals surface area (Å²) < 4.78 is 0. The van der Waals surface area contributed by atoms with Crippen molar-refractivity contribution in [3.05, 3.63) is 0 Å². The van der Waals surface area contributed by atoms with E-state index < -0.39 is 0 Å². The van der Waals surface area contributed by atoms with Gasteiger partial charge in [-0.25, -0.2) is 0 Å². The molecule has 2 fully saturated rings. The molecule has 0 aromatic carbocycles. The lowest BCUT2D eigenvalue weighted by atomic mass is 9.62. The average molecular weight is 267 g/mol.